The fourth-order valence-electron chi connectivity index (χ4n) is 2.81. The van der Waals surface area contributed by atoms with E-state index in [9.17, 15) is 14.4 Å². The van der Waals surface area contributed by atoms with E-state index in [0.717, 1.165) is 5.56 Å². The predicted octanol–water partition coefficient (Wildman–Crippen LogP) is 1.86. The molecule has 0 aliphatic rings. The summed E-state index contributed by atoms with van der Waals surface area (Å²) in [5.41, 5.74) is 1.08. The molecule has 166 valence electrons. The molecule has 0 bridgehead atoms. The molecule has 0 radical (unpaired) electrons. The summed E-state index contributed by atoms with van der Waals surface area (Å²) >= 11 is 0. The van der Waals surface area contributed by atoms with E-state index in [4.69, 9.17) is 18.9 Å². The van der Waals surface area contributed by atoms with Gasteiger partial charge in [-0.3, -0.25) is 14.4 Å². The molecule has 0 fully saturated rings. The number of nitrogens with one attached hydrogen (secondary N) is 2. The fraction of sp³-hybridized carbons (Fsp3) is 0.318. The zero-order valence-corrected chi connectivity index (χ0v) is 17.9. The highest BCUT2D eigenvalue weighted by molar-refractivity contribution is 5.96. The molecule has 2 N–H and O–H groups in total. The minimum atomic E-state index is -0.742. The third-order valence-corrected chi connectivity index (χ3v) is 4.39. The summed E-state index contributed by atoms with van der Waals surface area (Å²) in [5, 5.41) is 5.17. The van der Waals surface area contributed by atoms with E-state index in [1.54, 1.807) is 26.2 Å². The Morgan fingerprint density at radius 2 is 1.58 bits per heavy atom. The van der Waals surface area contributed by atoms with Crippen molar-refractivity contribution in [3.8, 4) is 17.2 Å². The molecule has 2 amide bonds. The van der Waals surface area contributed by atoms with Crippen LogP contribution in [0.25, 0.3) is 0 Å². The Morgan fingerprint density at radius 1 is 0.903 bits per heavy atom. The number of amides is 2. The van der Waals surface area contributed by atoms with Crippen molar-refractivity contribution in [1.29, 1.82) is 0 Å². The maximum Gasteiger partial charge on any atom is 0.325 e. The van der Waals surface area contributed by atoms with Gasteiger partial charge in [0, 0.05) is 11.1 Å². The lowest BCUT2D eigenvalue weighted by atomic mass is 10.1. The largest absolute Gasteiger partial charge is 0.496 e. The van der Waals surface area contributed by atoms with Gasteiger partial charge in [-0.25, -0.2) is 0 Å². The Balaban J connectivity index is 1.80. The zero-order valence-electron chi connectivity index (χ0n) is 17.9. The molecule has 2 aromatic rings. The monoisotopic (exact) mass is 430 g/mol. The number of hydrogen-bond donors (Lipinski definition) is 2. The normalized spacial score (nSPS) is 11.1. The van der Waals surface area contributed by atoms with Crippen LogP contribution in [0.15, 0.2) is 42.5 Å². The van der Waals surface area contributed by atoms with Gasteiger partial charge in [0.15, 0.2) is 18.1 Å². The Bertz CT molecular complexity index is 930. The number of benzene rings is 2. The third-order valence-electron chi connectivity index (χ3n) is 4.39. The van der Waals surface area contributed by atoms with Crippen LogP contribution in [-0.4, -0.2) is 52.3 Å². The van der Waals surface area contributed by atoms with Crippen LogP contribution in [0.2, 0.25) is 0 Å². The van der Waals surface area contributed by atoms with Gasteiger partial charge in [0.2, 0.25) is 0 Å². The summed E-state index contributed by atoms with van der Waals surface area (Å²) in [5.74, 6) is -0.199. The molecule has 0 aliphatic carbocycles. The molecule has 1 unspecified atom stereocenters. The molecule has 0 saturated carbocycles. The molecule has 0 aromatic heterocycles. The SMILES string of the molecule is COc1ccc(C(=O)NCC(=O)OCC(=O)NC(C)c2ccccc2OC)cc1OC. The number of para-hydroxylation sites is 1. The van der Waals surface area contributed by atoms with E-state index in [2.05, 4.69) is 10.6 Å². The third kappa shape index (κ3) is 6.63. The minimum absolute atomic E-state index is 0.286. The number of hydrogen-bond acceptors (Lipinski definition) is 7. The molecule has 2 aromatic carbocycles. The molecule has 0 aliphatic heterocycles. The Morgan fingerprint density at radius 3 is 2.26 bits per heavy atom. The van der Waals surface area contributed by atoms with E-state index in [0.29, 0.717) is 17.2 Å². The molecule has 31 heavy (non-hydrogen) atoms. The summed E-state index contributed by atoms with van der Waals surface area (Å²) in [6.45, 7) is 0.938. The van der Waals surface area contributed by atoms with Gasteiger partial charge in [-0.15, -0.1) is 0 Å². The molecular formula is C22H26N2O7. The Kier molecular flexibility index (Phi) is 8.68. The first-order valence-corrected chi connectivity index (χ1v) is 9.47. The highest BCUT2D eigenvalue weighted by Gasteiger charge is 2.16. The molecule has 0 spiro atoms. The average Bonchev–Trinajstić information content (AvgIpc) is 2.80. The Hall–Kier alpha value is -3.75. The van der Waals surface area contributed by atoms with Crippen molar-refractivity contribution >= 4 is 17.8 Å². The molecule has 0 saturated heterocycles. The van der Waals surface area contributed by atoms with Crippen LogP contribution in [0.3, 0.4) is 0 Å². The van der Waals surface area contributed by atoms with Gasteiger partial charge in [-0.1, -0.05) is 18.2 Å². The van der Waals surface area contributed by atoms with Crippen LogP contribution >= 0.6 is 0 Å². The van der Waals surface area contributed by atoms with Crippen molar-refractivity contribution in [2.75, 3.05) is 34.5 Å². The van der Waals surface area contributed by atoms with E-state index in [1.807, 2.05) is 18.2 Å². The van der Waals surface area contributed by atoms with Crippen molar-refractivity contribution in [1.82, 2.24) is 10.6 Å². The van der Waals surface area contributed by atoms with Crippen LogP contribution in [0.5, 0.6) is 17.2 Å². The first-order chi connectivity index (χ1) is 14.9. The number of carbonyl (C=O) groups is 3. The van der Waals surface area contributed by atoms with Crippen LogP contribution in [0, 0.1) is 0 Å². The number of ether oxygens (including phenoxy) is 4. The van der Waals surface area contributed by atoms with Crippen molar-refractivity contribution in [2.24, 2.45) is 0 Å². The van der Waals surface area contributed by atoms with E-state index in [-0.39, 0.29) is 18.2 Å². The van der Waals surface area contributed by atoms with E-state index < -0.39 is 24.4 Å². The topological polar surface area (TPSA) is 112 Å². The summed E-state index contributed by atoms with van der Waals surface area (Å²) in [6, 6.07) is 11.6. The second-order valence-electron chi connectivity index (χ2n) is 6.44. The van der Waals surface area contributed by atoms with Crippen molar-refractivity contribution in [3.05, 3.63) is 53.6 Å². The molecular weight excluding hydrogens is 404 g/mol. The van der Waals surface area contributed by atoms with Gasteiger partial charge in [0.1, 0.15) is 12.3 Å². The minimum Gasteiger partial charge on any atom is -0.496 e. The number of methoxy groups -OCH3 is 3. The second kappa shape index (κ2) is 11.4. The molecule has 1 atom stereocenters. The predicted molar refractivity (Wildman–Crippen MR) is 112 cm³/mol. The number of rotatable bonds is 10. The fourth-order valence-corrected chi connectivity index (χ4v) is 2.81. The van der Waals surface area contributed by atoms with E-state index >= 15 is 0 Å². The molecule has 2 rings (SSSR count). The highest BCUT2D eigenvalue weighted by atomic mass is 16.5. The number of esters is 1. The Labute approximate surface area is 180 Å². The van der Waals surface area contributed by atoms with Crippen LogP contribution < -0.4 is 24.8 Å². The molecule has 0 heterocycles. The molecule has 9 nitrogen and oxygen atoms in total. The lowest BCUT2D eigenvalue weighted by molar-refractivity contribution is -0.147. The first kappa shape index (κ1) is 23.5. The van der Waals surface area contributed by atoms with Crippen molar-refractivity contribution in [2.45, 2.75) is 13.0 Å². The van der Waals surface area contributed by atoms with Gasteiger partial charge in [0.05, 0.1) is 27.4 Å². The quantitative estimate of drug-likeness (QED) is 0.553. The zero-order chi connectivity index (χ0) is 22.8. The van der Waals surface area contributed by atoms with Gasteiger partial charge in [-0.05, 0) is 31.2 Å². The van der Waals surface area contributed by atoms with Crippen LogP contribution in [0.4, 0.5) is 0 Å². The maximum absolute atomic E-state index is 12.2. The summed E-state index contributed by atoms with van der Waals surface area (Å²) in [4.78, 5) is 36.2. The lowest BCUT2D eigenvalue weighted by Gasteiger charge is -2.17. The first-order valence-electron chi connectivity index (χ1n) is 9.47. The number of carbonyl (C=O) groups excluding carboxylic acids is 3. The highest BCUT2D eigenvalue weighted by Crippen LogP contribution is 2.27. The lowest BCUT2D eigenvalue weighted by Crippen LogP contribution is -2.34. The van der Waals surface area contributed by atoms with Crippen molar-refractivity contribution in [3.63, 3.8) is 0 Å². The summed E-state index contributed by atoms with van der Waals surface area (Å²) in [6.07, 6.45) is 0. The standard InChI is InChI=1S/C22H26N2O7/c1-14(16-7-5-6-8-17(16)28-2)24-20(25)13-31-21(26)12-23-22(27)15-9-10-18(29-3)19(11-15)30-4/h5-11,14H,12-13H2,1-4H3,(H,23,27)(H,24,25). The maximum atomic E-state index is 12.2. The summed E-state index contributed by atoms with van der Waals surface area (Å²) in [7, 11) is 4.49. The van der Waals surface area contributed by atoms with Crippen LogP contribution in [0.1, 0.15) is 28.9 Å². The van der Waals surface area contributed by atoms with Gasteiger partial charge < -0.3 is 29.6 Å². The molecule has 9 heteroatoms. The van der Waals surface area contributed by atoms with E-state index in [1.165, 1.54) is 26.4 Å². The summed E-state index contributed by atoms with van der Waals surface area (Å²) < 4.78 is 20.5. The van der Waals surface area contributed by atoms with Gasteiger partial charge in [0.25, 0.3) is 11.8 Å². The van der Waals surface area contributed by atoms with Crippen LogP contribution in [-0.2, 0) is 14.3 Å². The van der Waals surface area contributed by atoms with Gasteiger partial charge in [-0.2, -0.15) is 0 Å². The smallest absolute Gasteiger partial charge is 0.325 e. The van der Waals surface area contributed by atoms with Gasteiger partial charge >= 0.3 is 5.97 Å². The second-order valence-corrected chi connectivity index (χ2v) is 6.44. The average molecular weight is 430 g/mol. The van der Waals surface area contributed by atoms with Crippen molar-refractivity contribution < 1.29 is 33.3 Å².